The van der Waals surface area contributed by atoms with Gasteiger partial charge in [-0.05, 0) is 50.2 Å². The van der Waals surface area contributed by atoms with Gasteiger partial charge in [-0.25, -0.2) is 0 Å². The molecule has 0 spiro atoms. The van der Waals surface area contributed by atoms with E-state index < -0.39 is 0 Å². The van der Waals surface area contributed by atoms with Gasteiger partial charge in [-0.2, -0.15) is 0 Å². The monoisotopic (exact) mass is 256 g/mol. The molecule has 0 bridgehead atoms. The van der Waals surface area contributed by atoms with Crippen LogP contribution in [0.2, 0.25) is 0 Å². The number of nitrogens with one attached hydrogen (secondary N) is 1. The smallest absolute Gasteiger partial charge is 0.148 e. The number of fused-ring (bicyclic) bond motifs is 2. The Morgan fingerprint density at radius 2 is 1.84 bits per heavy atom. The highest BCUT2D eigenvalue weighted by molar-refractivity contribution is 5.42. The molecule has 1 aromatic heterocycles. The average molecular weight is 256 g/mol. The predicted molar refractivity (Wildman–Crippen MR) is 77.8 cm³/mol. The van der Waals surface area contributed by atoms with Crippen molar-refractivity contribution in [2.45, 2.75) is 19.8 Å². The lowest BCUT2D eigenvalue weighted by Crippen LogP contribution is -2.01. The molecule has 19 heavy (non-hydrogen) atoms. The molecule has 0 atom stereocenters. The number of aromatic nitrogens is 1. The SMILES string of the molecule is CCNC.c1ccc2c(c1)CCc1ncccc1O2. The number of hydrogen-bond acceptors (Lipinski definition) is 3. The van der Waals surface area contributed by atoms with Gasteiger partial charge in [-0.1, -0.05) is 25.1 Å². The third kappa shape index (κ3) is 3.55. The summed E-state index contributed by atoms with van der Waals surface area (Å²) >= 11 is 0. The highest BCUT2D eigenvalue weighted by atomic mass is 16.5. The maximum atomic E-state index is 5.84. The molecule has 0 saturated heterocycles. The summed E-state index contributed by atoms with van der Waals surface area (Å²) in [4.78, 5) is 4.34. The van der Waals surface area contributed by atoms with E-state index in [1.165, 1.54) is 5.56 Å². The van der Waals surface area contributed by atoms with Crippen molar-refractivity contribution in [3.63, 3.8) is 0 Å². The topological polar surface area (TPSA) is 34.2 Å². The summed E-state index contributed by atoms with van der Waals surface area (Å²) in [6, 6.07) is 12.1. The van der Waals surface area contributed by atoms with Gasteiger partial charge in [0.05, 0.1) is 5.69 Å². The van der Waals surface area contributed by atoms with Crippen molar-refractivity contribution in [1.82, 2.24) is 10.3 Å². The van der Waals surface area contributed by atoms with E-state index in [-0.39, 0.29) is 0 Å². The van der Waals surface area contributed by atoms with E-state index in [1.807, 2.05) is 43.6 Å². The Morgan fingerprint density at radius 3 is 2.63 bits per heavy atom. The average Bonchev–Trinajstić information content (AvgIpc) is 2.66. The Bertz CT molecular complexity index is 478. The molecule has 2 heterocycles. The van der Waals surface area contributed by atoms with Crippen molar-refractivity contribution >= 4 is 0 Å². The van der Waals surface area contributed by atoms with E-state index >= 15 is 0 Å². The highest BCUT2D eigenvalue weighted by Crippen LogP contribution is 2.31. The van der Waals surface area contributed by atoms with Gasteiger partial charge in [-0.3, -0.25) is 4.98 Å². The maximum Gasteiger partial charge on any atom is 0.148 e. The van der Waals surface area contributed by atoms with Crippen LogP contribution in [0.15, 0.2) is 42.6 Å². The third-order valence-electron chi connectivity index (χ3n) is 3.03. The number of aryl methyl sites for hydroxylation is 2. The molecule has 3 heteroatoms. The van der Waals surface area contributed by atoms with Crippen molar-refractivity contribution in [3.8, 4) is 11.5 Å². The van der Waals surface area contributed by atoms with E-state index in [0.29, 0.717) is 0 Å². The molecule has 2 aromatic rings. The second-order valence-corrected chi connectivity index (χ2v) is 4.37. The zero-order valence-corrected chi connectivity index (χ0v) is 11.5. The molecule has 3 nitrogen and oxygen atoms in total. The molecule has 0 aliphatic carbocycles. The van der Waals surface area contributed by atoms with Gasteiger partial charge < -0.3 is 10.1 Å². The number of hydrogen-bond donors (Lipinski definition) is 1. The number of ether oxygens (including phenoxy) is 1. The van der Waals surface area contributed by atoms with Crippen LogP contribution in [0.5, 0.6) is 11.5 Å². The molecular weight excluding hydrogens is 236 g/mol. The quantitative estimate of drug-likeness (QED) is 0.850. The molecule has 1 aliphatic heterocycles. The molecular formula is C16H20N2O. The van der Waals surface area contributed by atoms with E-state index in [4.69, 9.17) is 4.74 Å². The van der Waals surface area contributed by atoms with Crippen LogP contribution in [0.3, 0.4) is 0 Å². The molecule has 0 unspecified atom stereocenters. The van der Waals surface area contributed by atoms with Gasteiger partial charge in [0.2, 0.25) is 0 Å². The van der Waals surface area contributed by atoms with Crippen LogP contribution in [0, 0.1) is 0 Å². The molecule has 1 aliphatic rings. The first-order chi connectivity index (χ1) is 9.35. The molecule has 3 rings (SSSR count). The number of para-hydroxylation sites is 1. The summed E-state index contributed by atoms with van der Waals surface area (Å²) in [5.74, 6) is 1.85. The Balaban J connectivity index is 0.000000297. The van der Waals surface area contributed by atoms with Gasteiger partial charge in [0.1, 0.15) is 11.5 Å². The summed E-state index contributed by atoms with van der Waals surface area (Å²) in [6.45, 7) is 3.14. The van der Waals surface area contributed by atoms with E-state index in [2.05, 4.69) is 23.3 Å². The van der Waals surface area contributed by atoms with Crippen molar-refractivity contribution in [3.05, 3.63) is 53.9 Å². The number of pyridine rings is 1. The van der Waals surface area contributed by atoms with Crippen LogP contribution in [-0.4, -0.2) is 18.6 Å². The van der Waals surface area contributed by atoms with Crippen molar-refractivity contribution in [2.24, 2.45) is 0 Å². The van der Waals surface area contributed by atoms with E-state index in [1.54, 1.807) is 0 Å². The zero-order chi connectivity index (χ0) is 13.5. The largest absolute Gasteiger partial charge is 0.455 e. The van der Waals surface area contributed by atoms with Gasteiger partial charge in [0.15, 0.2) is 0 Å². The molecule has 0 fully saturated rings. The molecule has 0 amide bonds. The normalized spacial score (nSPS) is 12.1. The summed E-state index contributed by atoms with van der Waals surface area (Å²) in [7, 11) is 1.93. The second-order valence-electron chi connectivity index (χ2n) is 4.37. The number of benzene rings is 1. The Labute approximate surface area is 114 Å². The lowest BCUT2D eigenvalue weighted by Gasteiger charge is -2.06. The van der Waals surface area contributed by atoms with Crippen LogP contribution < -0.4 is 10.1 Å². The highest BCUT2D eigenvalue weighted by Gasteiger charge is 2.13. The molecule has 1 N–H and O–H groups in total. The number of rotatable bonds is 1. The van der Waals surface area contributed by atoms with Crippen LogP contribution in [0.1, 0.15) is 18.2 Å². The fraction of sp³-hybridized carbons (Fsp3) is 0.312. The van der Waals surface area contributed by atoms with Crippen LogP contribution in [0.25, 0.3) is 0 Å². The van der Waals surface area contributed by atoms with Gasteiger partial charge in [0.25, 0.3) is 0 Å². The Hall–Kier alpha value is -1.87. The van der Waals surface area contributed by atoms with Crippen molar-refractivity contribution in [2.75, 3.05) is 13.6 Å². The van der Waals surface area contributed by atoms with E-state index in [0.717, 1.165) is 36.6 Å². The second kappa shape index (κ2) is 6.90. The van der Waals surface area contributed by atoms with Gasteiger partial charge >= 0.3 is 0 Å². The summed E-state index contributed by atoms with van der Waals surface area (Å²) in [6.07, 6.45) is 3.77. The summed E-state index contributed by atoms with van der Waals surface area (Å²) < 4.78 is 5.84. The minimum absolute atomic E-state index is 0.891. The van der Waals surface area contributed by atoms with Gasteiger partial charge in [0, 0.05) is 6.20 Å². The Morgan fingerprint density at radius 1 is 1.11 bits per heavy atom. The number of nitrogens with zero attached hydrogens (tertiary/aromatic N) is 1. The molecule has 0 radical (unpaired) electrons. The summed E-state index contributed by atoms with van der Waals surface area (Å²) in [5.41, 5.74) is 2.31. The minimum Gasteiger partial charge on any atom is -0.455 e. The standard InChI is InChI=1S/C13H11NO.C3H9N/c1-2-5-12-10(4-1)7-8-11-13(15-12)6-3-9-14-11;1-3-4-2/h1-6,9H,7-8H2;4H,3H2,1-2H3. The summed E-state index contributed by atoms with van der Waals surface area (Å²) in [5, 5.41) is 2.93. The molecule has 1 aromatic carbocycles. The fourth-order valence-electron chi connectivity index (χ4n) is 1.89. The van der Waals surface area contributed by atoms with Crippen LogP contribution in [-0.2, 0) is 12.8 Å². The van der Waals surface area contributed by atoms with Crippen molar-refractivity contribution < 1.29 is 4.74 Å². The van der Waals surface area contributed by atoms with Crippen LogP contribution >= 0.6 is 0 Å². The van der Waals surface area contributed by atoms with Gasteiger partial charge in [-0.15, -0.1) is 0 Å². The minimum atomic E-state index is 0.891. The van der Waals surface area contributed by atoms with Crippen LogP contribution in [0.4, 0.5) is 0 Å². The van der Waals surface area contributed by atoms with E-state index in [9.17, 15) is 0 Å². The maximum absolute atomic E-state index is 5.84. The lowest BCUT2D eigenvalue weighted by molar-refractivity contribution is 0.476. The zero-order valence-electron chi connectivity index (χ0n) is 11.5. The lowest BCUT2D eigenvalue weighted by atomic mass is 10.1. The molecule has 0 saturated carbocycles. The first-order valence-corrected chi connectivity index (χ1v) is 6.69. The fourth-order valence-corrected chi connectivity index (χ4v) is 1.89. The first-order valence-electron chi connectivity index (χ1n) is 6.69. The Kier molecular flexibility index (Phi) is 4.93. The predicted octanol–water partition coefficient (Wildman–Crippen LogP) is 3.20. The third-order valence-corrected chi connectivity index (χ3v) is 3.03. The van der Waals surface area contributed by atoms with Crippen molar-refractivity contribution in [1.29, 1.82) is 0 Å². The molecule has 100 valence electrons. The first kappa shape index (κ1) is 13.6.